The fraction of sp³-hybridized carbons (Fsp3) is 0. The van der Waals surface area contributed by atoms with E-state index in [2.05, 4.69) is 20.5 Å². The van der Waals surface area contributed by atoms with Crippen molar-refractivity contribution in [3.8, 4) is 23.0 Å². The van der Waals surface area contributed by atoms with Crippen molar-refractivity contribution in [3.63, 3.8) is 0 Å². The Bertz CT molecular complexity index is 2990. The summed E-state index contributed by atoms with van der Waals surface area (Å²) in [5.74, 6) is -2.27. The van der Waals surface area contributed by atoms with E-state index in [0.29, 0.717) is 12.1 Å². The van der Waals surface area contributed by atoms with Crippen molar-refractivity contribution in [2.24, 2.45) is 20.5 Å². The zero-order valence-electron chi connectivity index (χ0n) is 28.4. The predicted octanol–water partition coefficient (Wildman–Crippen LogP) is 6.02. The number of halogens is 2. The van der Waals surface area contributed by atoms with E-state index in [4.69, 9.17) is 23.2 Å². The first-order valence-electron chi connectivity index (χ1n) is 15.0. The molecule has 1 radical (unpaired) electrons. The molecule has 6 rings (SSSR count). The number of nitrogens with zero attached hydrogens (tertiary/aromatic N) is 4. The van der Waals surface area contributed by atoms with Crippen LogP contribution in [0.2, 0.25) is 10.0 Å². The number of phenolic OH excluding ortho intramolecular Hbond substituents is 2. The van der Waals surface area contributed by atoms with Crippen molar-refractivity contribution in [2.45, 2.75) is 19.6 Å². The number of benzene rings is 6. The smallest absolute Gasteiger partial charge is 0.871 e. The summed E-state index contributed by atoms with van der Waals surface area (Å²) in [6.45, 7) is 0. The van der Waals surface area contributed by atoms with E-state index in [9.17, 15) is 72.3 Å². The maximum Gasteiger partial charge on any atom is 3.00 e. The molecule has 0 saturated carbocycles. The summed E-state index contributed by atoms with van der Waals surface area (Å²) in [6, 6.07) is 14.4. The quantitative estimate of drug-likeness (QED) is 0.0860. The fourth-order valence-electron chi connectivity index (χ4n) is 4.99. The van der Waals surface area contributed by atoms with E-state index in [1.54, 1.807) is 0 Å². The molecule has 0 aromatic heterocycles. The summed E-state index contributed by atoms with van der Waals surface area (Å²) in [6.07, 6.45) is 0. The second-order valence-electron chi connectivity index (χ2n) is 11.4. The zero-order valence-corrected chi connectivity index (χ0v) is 34.4. The number of azo groups is 2. The van der Waals surface area contributed by atoms with Crippen molar-refractivity contribution in [1.29, 1.82) is 0 Å². The molecular weight excluding hydrogens is 948 g/mol. The average Bonchev–Trinajstić information content (AvgIpc) is 3.11. The normalized spacial score (nSPS) is 12.4. The standard InChI is InChI=1S/2C16H11ClN2O8S2.Cr/c2*17-9-2-4-12(20)11(6-9)18-19-16-13(21)3-1-8-5-10(28(22,23)24)7-14(15(8)16)29(25,26)27;/h2*1-7,20-21H,(H,22,23,24)(H,25,26,27);/q;;+3/p-3. The van der Waals surface area contributed by atoms with Gasteiger partial charge in [-0.05, 0) is 71.4 Å². The van der Waals surface area contributed by atoms with Crippen LogP contribution in [-0.2, 0) is 57.8 Å². The predicted molar refractivity (Wildman–Crippen MR) is 199 cm³/mol. The van der Waals surface area contributed by atoms with E-state index >= 15 is 0 Å². The van der Waals surface area contributed by atoms with Crippen LogP contribution < -0.4 is 10.2 Å². The molecule has 0 saturated heterocycles. The molecule has 6 aromatic rings. The number of phenols is 2. The van der Waals surface area contributed by atoms with E-state index in [0.717, 1.165) is 48.5 Å². The second-order valence-corrected chi connectivity index (χ2v) is 17.9. The molecule has 6 aromatic carbocycles. The number of aromatic hydroxyl groups is 2. The maximum absolute atomic E-state index is 12.3. The molecule has 0 unspecified atom stereocenters. The first-order valence-corrected chi connectivity index (χ1v) is 21.5. The van der Waals surface area contributed by atoms with Gasteiger partial charge in [0.25, 0.3) is 30.4 Å². The Kier molecular flexibility index (Phi) is 13.7. The van der Waals surface area contributed by atoms with Crippen LogP contribution in [0.4, 0.5) is 22.7 Å². The van der Waals surface area contributed by atoms with Gasteiger partial charge in [-0.3, -0.25) is 13.7 Å². The Balaban J connectivity index is 0.000000256. The molecule has 59 heavy (non-hydrogen) atoms. The van der Waals surface area contributed by atoms with Gasteiger partial charge in [0.2, 0.25) is 0 Å². The first kappa shape index (κ1) is 46.7. The molecule has 0 aliphatic carbocycles. The third-order valence-electron chi connectivity index (χ3n) is 7.51. The third-order valence-corrected chi connectivity index (χ3v) is 11.4. The molecule has 20 nitrogen and oxygen atoms in total. The number of fused-ring (bicyclic) bond motifs is 2. The van der Waals surface area contributed by atoms with E-state index in [-0.39, 0.29) is 60.7 Å². The van der Waals surface area contributed by atoms with Gasteiger partial charge in [-0.25, -0.2) is 8.42 Å². The third kappa shape index (κ3) is 10.8. The molecular formula is C32H19Cl2CrN4O16S4. The molecule has 5 N–H and O–H groups in total. The van der Waals surface area contributed by atoms with Gasteiger partial charge in [0.15, 0.2) is 0 Å². The van der Waals surface area contributed by atoms with Crippen LogP contribution in [0.3, 0.4) is 0 Å². The van der Waals surface area contributed by atoms with Gasteiger partial charge in [0.1, 0.15) is 42.8 Å². The largest absolute Gasteiger partial charge is 3.00 e. The molecule has 0 aliphatic heterocycles. The van der Waals surface area contributed by atoms with Gasteiger partial charge in [0, 0.05) is 20.8 Å². The minimum absolute atomic E-state index is 0. The summed E-state index contributed by atoms with van der Waals surface area (Å²) >= 11 is 11.6. The van der Waals surface area contributed by atoms with Crippen LogP contribution >= 0.6 is 23.2 Å². The average molecular weight is 967 g/mol. The Morgan fingerprint density at radius 3 is 1.49 bits per heavy atom. The van der Waals surface area contributed by atoms with Crippen molar-refractivity contribution in [3.05, 3.63) is 95.0 Å². The topological polar surface area (TPSA) is 356 Å². The molecule has 0 fully saturated rings. The van der Waals surface area contributed by atoms with Gasteiger partial charge in [-0.15, -0.1) is 10.2 Å². The van der Waals surface area contributed by atoms with Crippen molar-refractivity contribution < 1.29 is 89.7 Å². The van der Waals surface area contributed by atoms with Crippen LogP contribution in [0.1, 0.15) is 0 Å². The van der Waals surface area contributed by atoms with Crippen molar-refractivity contribution in [2.75, 3.05) is 0 Å². The van der Waals surface area contributed by atoms with E-state index in [1.807, 2.05) is 0 Å². The van der Waals surface area contributed by atoms with Gasteiger partial charge in [-0.2, -0.15) is 35.5 Å². The summed E-state index contributed by atoms with van der Waals surface area (Å²) in [7, 11) is -20.0. The number of hydrogen-bond donors (Lipinski definition) is 5. The minimum atomic E-state index is -5.08. The molecule has 0 amide bonds. The van der Waals surface area contributed by atoms with E-state index < -0.39 is 94.1 Å². The van der Waals surface area contributed by atoms with Gasteiger partial charge >= 0.3 is 17.4 Å². The second kappa shape index (κ2) is 17.3. The number of rotatable bonds is 8. The zero-order chi connectivity index (χ0) is 43.1. The summed E-state index contributed by atoms with van der Waals surface area (Å²) in [5, 5.41) is 58.0. The Labute approximate surface area is 353 Å². The molecule has 0 atom stereocenters. The molecule has 27 heteroatoms. The van der Waals surface area contributed by atoms with Crippen LogP contribution in [-0.4, -0.2) is 62.1 Å². The van der Waals surface area contributed by atoms with Gasteiger partial charge in [0.05, 0.1) is 21.2 Å². The van der Waals surface area contributed by atoms with Crippen LogP contribution in [0.25, 0.3) is 21.5 Å². The Morgan fingerprint density at radius 2 is 0.932 bits per heavy atom. The minimum Gasteiger partial charge on any atom is -0.871 e. The molecule has 307 valence electrons. The molecule has 0 spiro atoms. The monoisotopic (exact) mass is 965 g/mol. The summed E-state index contributed by atoms with van der Waals surface area (Å²) < 4.78 is 132. The molecule has 0 heterocycles. The van der Waals surface area contributed by atoms with Crippen LogP contribution in [0.15, 0.2) is 125 Å². The Hall–Kier alpha value is -5.01. The molecule has 0 bridgehead atoms. The maximum atomic E-state index is 12.3. The van der Waals surface area contributed by atoms with Crippen molar-refractivity contribution >= 4 is 108 Å². The van der Waals surface area contributed by atoms with Crippen LogP contribution in [0.5, 0.6) is 23.0 Å². The fourth-order valence-corrected chi connectivity index (χ4v) is 8.04. The van der Waals surface area contributed by atoms with Crippen LogP contribution in [0, 0.1) is 0 Å². The summed E-state index contributed by atoms with van der Waals surface area (Å²) in [5.41, 5.74) is -1.38. The van der Waals surface area contributed by atoms with E-state index in [1.165, 1.54) is 24.3 Å². The molecule has 0 aliphatic rings. The van der Waals surface area contributed by atoms with Gasteiger partial charge < -0.3 is 25.0 Å². The van der Waals surface area contributed by atoms with Gasteiger partial charge in [-0.1, -0.05) is 59.0 Å². The summed E-state index contributed by atoms with van der Waals surface area (Å²) in [4.78, 5) is -3.68. The number of hydrogen-bond acceptors (Lipinski definition) is 17. The Morgan fingerprint density at radius 1 is 0.492 bits per heavy atom. The first-order chi connectivity index (χ1) is 26.8. The van der Waals surface area contributed by atoms with Crippen molar-refractivity contribution in [1.82, 2.24) is 0 Å². The SMILES string of the molecule is O=S(=O)(O)c1cc(S(=O)(=O)O)c2c(N=Nc3cc(Cl)ccc3O)c(O)ccc2c1.O=S(=O)([O-])c1cc(S(=O)(=O)O)c2c(N=Nc3cc(Cl)ccc3[O-])c([O-])ccc2c1.[Cr+3].